The van der Waals surface area contributed by atoms with E-state index in [0.717, 1.165) is 12.1 Å². The summed E-state index contributed by atoms with van der Waals surface area (Å²) in [6.45, 7) is 8.62. The number of rotatable bonds is 2. The predicted molar refractivity (Wildman–Crippen MR) is 58.9 cm³/mol. The summed E-state index contributed by atoms with van der Waals surface area (Å²) in [7, 11) is 1.66. The third kappa shape index (κ3) is 2.47. The number of hydrogen-bond donors (Lipinski definition) is 0. The Bertz CT molecular complexity index is 290. The molecule has 0 saturated carbocycles. The van der Waals surface area contributed by atoms with Crippen molar-refractivity contribution in [2.75, 3.05) is 7.11 Å². The van der Waals surface area contributed by atoms with E-state index in [2.05, 4.69) is 38.7 Å². The number of aromatic nitrogens is 1. The largest absolute Gasteiger partial charge is 0.481 e. The van der Waals surface area contributed by atoms with Crippen LogP contribution < -0.4 is 4.74 Å². The van der Waals surface area contributed by atoms with Crippen molar-refractivity contribution in [2.45, 2.75) is 39.5 Å². The molecule has 1 aromatic rings. The first-order valence-electron chi connectivity index (χ1n) is 5.02. The second-order valence-electron chi connectivity index (χ2n) is 4.51. The highest BCUT2D eigenvalue weighted by molar-refractivity contribution is 5.28. The van der Waals surface area contributed by atoms with Crippen LogP contribution in [0.2, 0.25) is 0 Å². The lowest BCUT2D eigenvalue weighted by atomic mass is 9.90. The van der Waals surface area contributed by atoms with Gasteiger partial charge in [0.15, 0.2) is 0 Å². The molecular weight excluding hydrogens is 174 g/mol. The van der Waals surface area contributed by atoms with Crippen LogP contribution in [-0.2, 0) is 11.8 Å². The van der Waals surface area contributed by atoms with Crippen molar-refractivity contribution in [2.24, 2.45) is 0 Å². The molecule has 0 amide bonds. The highest BCUT2D eigenvalue weighted by atomic mass is 16.5. The van der Waals surface area contributed by atoms with Crippen molar-refractivity contribution in [3.8, 4) is 5.88 Å². The molecule has 78 valence electrons. The van der Waals surface area contributed by atoms with Gasteiger partial charge in [0.25, 0.3) is 0 Å². The van der Waals surface area contributed by atoms with Crippen LogP contribution in [-0.4, -0.2) is 12.1 Å². The van der Waals surface area contributed by atoms with Gasteiger partial charge >= 0.3 is 0 Å². The summed E-state index contributed by atoms with van der Waals surface area (Å²) in [5.41, 5.74) is 2.45. The lowest BCUT2D eigenvalue weighted by molar-refractivity contribution is 0.391. The molecule has 0 aliphatic rings. The van der Waals surface area contributed by atoms with E-state index in [4.69, 9.17) is 4.74 Å². The smallest absolute Gasteiger partial charge is 0.213 e. The lowest BCUT2D eigenvalue weighted by Gasteiger charge is -2.19. The molecule has 1 rings (SSSR count). The van der Waals surface area contributed by atoms with E-state index in [-0.39, 0.29) is 5.41 Å². The zero-order valence-electron chi connectivity index (χ0n) is 9.72. The number of hydrogen-bond acceptors (Lipinski definition) is 2. The fourth-order valence-electron chi connectivity index (χ4n) is 1.25. The molecule has 0 radical (unpaired) electrons. The fourth-order valence-corrected chi connectivity index (χ4v) is 1.25. The summed E-state index contributed by atoms with van der Waals surface area (Å²) in [5.74, 6) is 0.717. The minimum atomic E-state index is 0.0818. The van der Waals surface area contributed by atoms with Crippen molar-refractivity contribution in [3.63, 3.8) is 0 Å². The average molecular weight is 193 g/mol. The molecule has 0 saturated heterocycles. The van der Waals surface area contributed by atoms with E-state index < -0.39 is 0 Å². The standard InChI is InChI=1S/C12H19NO/c1-6-9-7-10(12(2,3)4)13-11(8-9)14-5/h7-8H,6H2,1-5H3. The molecule has 0 aliphatic heterocycles. The molecule has 0 N–H and O–H groups in total. The molecule has 0 spiro atoms. The SMILES string of the molecule is CCc1cc(OC)nc(C(C)(C)C)c1. The normalized spacial score (nSPS) is 11.5. The highest BCUT2D eigenvalue weighted by Crippen LogP contribution is 2.24. The van der Waals surface area contributed by atoms with Gasteiger partial charge in [-0.15, -0.1) is 0 Å². The van der Waals surface area contributed by atoms with Gasteiger partial charge < -0.3 is 4.74 Å². The molecule has 0 aliphatic carbocycles. The summed E-state index contributed by atoms with van der Waals surface area (Å²) in [4.78, 5) is 4.45. The first-order chi connectivity index (χ1) is 6.47. The summed E-state index contributed by atoms with van der Waals surface area (Å²) < 4.78 is 5.18. The van der Waals surface area contributed by atoms with E-state index >= 15 is 0 Å². The number of aryl methyl sites for hydroxylation is 1. The lowest BCUT2D eigenvalue weighted by Crippen LogP contribution is -2.14. The van der Waals surface area contributed by atoms with E-state index in [0.29, 0.717) is 5.88 Å². The van der Waals surface area contributed by atoms with E-state index in [1.54, 1.807) is 7.11 Å². The number of pyridine rings is 1. The van der Waals surface area contributed by atoms with Crippen LogP contribution in [0.4, 0.5) is 0 Å². The van der Waals surface area contributed by atoms with Crippen molar-refractivity contribution in [1.82, 2.24) is 4.98 Å². The Morgan fingerprint density at radius 3 is 2.36 bits per heavy atom. The van der Waals surface area contributed by atoms with Crippen LogP contribution in [0.5, 0.6) is 5.88 Å². The monoisotopic (exact) mass is 193 g/mol. The van der Waals surface area contributed by atoms with Crippen molar-refractivity contribution in [1.29, 1.82) is 0 Å². The number of methoxy groups -OCH3 is 1. The van der Waals surface area contributed by atoms with Crippen LogP contribution in [0.15, 0.2) is 12.1 Å². The molecule has 1 heterocycles. The molecule has 0 aromatic carbocycles. The summed E-state index contributed by atoms with van der Waals surface area (Å²) in [5, 5.41) is 0. The van der Waals surface area contributed by atoms with E-state index in [9.17, 15) is 0 Å². The minimum Gasteiger partial charge on any atom is -0.481 e. The van der Waals surface area contributed by atoms with Gasteiger partial charge in [-0.2, -0.15) is 0 Å². The number of nitrogens with zero attached hydrogens (tertiary/aromatic N) is 1. The zero-order chi connectivity index (χ0) is 10.8. The van der Waals surface area contributed by atoms with E-state index in [1.165, 1.54) is 5.56 Å². The molecular formula is C12H19NO. The van der Waals surface area contributed by atoms with Gasteiger partial charge in [-0.3, -0.25) is 0 Å². The first kappa shape index (κ1) is 11.0. The Labute approximate surface area is 86.3 Å². The Balaban J connectivity index is 3.17. The van der Waals surface area contributed by atoms with Crippen LogP contribution in [0.25, 0.3) is 0 Å². The third-order valence-electron chi connectivity index (χ3n) is 2.25. The van der Waals surface area contributed by atoms with Crippen molar-refractivity contribution >= 4 is 0 Å². The average Bonchev–Trinajstić information content (AvgIpc) is 2.15. The Hall–Kier alpha value is -1.05. The van der Waals surface area contributed by atoms with E-state index in [1.807, 2.05) is 6.07 Å². The van der Waals surface area contributed by atoms with Crippen LogP contribution in [0.1, 0.15) is 39.0 Å². The Morgan fingerprint density at radius 2 is 1.93 bits per heavy atom. The summed E-state index contributed by atoms with van der Waals surface area (Å²) in [6, 6.07) is 4.15. The van der Waals surface area contributed by atoms with Gasteiger partial charge in [0.05, 0.1) is 12.8 Å². The molecule has 0 fully saturated rings. The van der Waals surface area contributed by atoms with Gasteiger partial charge in [0, 0.05) is 11.5 Å². The van der Waals surface area contributed by atoms with Gasteiger partial charge in [-0.1, -0.05) is 27.7 Å². The molecule has 2 heteroatoms. The Morgan fingerprint density at radius 1 is 1.29 bits per heavy atom. The maximum atomic E-state index is 5.18. The van der Waals surface area contributed by atoms with Gasteiger partial charge in [-0.05, 0) is 18.1 Å². The maximum Gasteiger partial charge on any atom is 0.213 e. The topological polar surface area (TPSA) is 22.1 Å². The minimum absolute atomic E-state index is 0.0818. The molecule has 1 aromatic heterocycles. The fraction of sp³-hybridized carbons (Fsp3) is 0.583. The summed E-state index contributed by atoms with van der Waals surface area (Å²) >= 11 is 0. The summed E-state index contributed by atoms with van der Waals surface area (Å²) in [6.07, 6.45) is 1.02. The molecule has 0 bridgehead atoms. The van der Waals surface area contributed by atoms with Crippen LogP contribution in [0.3, 0.4) is 0 Å². The van der Waals surface area contributed by atoms with Crippen LogP contribution in [0, 0.1) is 0 Å². The first-order valence-corrected chi connectivity index (χ1v) is 5.02. The maximum absolute atomic E-state index is 5.18. The molecule has 0 unspecified atom stereocenters. The van der Waals surface area contributed by atoms with Gasteiger partial charge in [-0.25, -0.2) is 4.98 Å². The van der Waals surface area contributed by atoms with Crippen molar-refractivity contribution < 1.29 is 4.74 Å². The van der Waals surface area contributed by atoms with Crippen molar-refractivity contribution in [3.05, 3.63) is 23.4 Å². The highest BCUT2D eigenvalue weighted by Gasteiger charge is 2.16. The zero-order valence-corrected chi connectivity index (χ0v) is 9.72. The third-order valence-corrected chi connectivity index (χ3v) is 2.25. The predicted octanol–water partition coefficient (Wildman–Crippen LogP) is 2.95. The van der Waals surface area contributed by atoms with Crippen LogP contribution >= 0.6 is 0 Å². The molecule has 0 atom stereocenters. The molecule has 14 heavy (non-hydrogen) atoms. The second kappa shape index (κ2) is 3.99. The second-order valence-corrected chi connectivity index (χ2v) is 4.51. The quantitative estimate of drug-likeness (QED) is 0.720. The molecule has 2 nitrogen and oxygen atoms in total. The van der Waals surface area contributed by atoms with Gasteiger partial charge in [0.1, 0.15) is 0 Å². The Kier molecular flexibility index (Phi) is 3.14. The van der Waals surface area contributed by atoms with Gasteiger partial charge in [0.2, 0.25) is 5.88 Å². The number of ether oxygens (including phenoxy) is 1.